The van der Waals surface area contributed by atoms with Gasteiger partial charge in [0.25, 0.3) is 0 Å². The van der Waals surface area contributed by atoms with Crippen LogP contribution in [0.3, 0.4) is 0 Å². The first-order valence-corrected chi connectivity index (χ1v) is 7.82. The van der Waals surface area contributed by atoms with Crippen LogP contribution in [0.15, 0.2) is 35.5 Å². The summed E-state index contributed by atoms with van der Waals surface area (Å²) < 4.78 is 12.2. The summed E-state index contributed by atoms with van der Waals surface area (Å²) in [5.74, 6) is 0.852. The Balaban J connectivity index is 2.41. The maximum atomic E-state index is 11.6. The summed E-state index contributed by atoms with van der Waals surface area (Å²) in [7, 11) is 0. The van der Waals surface area contributed by atoms with Crippen molar-refractivity contribution in [3.8, 4) is 11.5 Å². The van der Waals surface area contributed by atoms with E-state index < -0.39 is 5.97 Å². The minimum Gasteiger partial charge on any atom is -0.490 e. The molecule has 0 N–H and O–H groups in total. The fourth-order valence-corrected chi connectivity index (χ4v) is 2.68. The Labute approximate surface area is 142 Å². The number of hydrogen-bond donors (Lipinski definition) is 0. The summed E-state index contributed by atoms with van der Waals surface area (Å²) >= 11 is 2.17. The number of rotatable bonds is 6. The standard InChI is InChI=1S/C16H16INO4/c1-4-6-21-15-13(17)8-11(9-14(15)20-5-2)7-12-10(3)18-22-16(12)19/h4,7-9H,1,5-6H2,2-3H3/b12-7+. The van der Waals surface area contributed by atoms with Crippen LogP contribution in [0.1, 0.15) is 19.4 Å². The maximum absolute atomic E-state index is 11.6. The van der Waals surface area contributed by atoms with Gasteiger partial charge in [0.15, 0.2) is 11.5 Å². The van der Waals surface area contributed by atoms with Gasteiger partial charge in [0, 0.05) is 0 Å². The Morgan fingerprint density at radius 2 is 2.18 bits per heavy atom. The third kappa shape index (κ3) is 3.68. The first kappa shape index (κ1) is 16.5. The zero-order chi connectivity index (χ0) is 16.1. The molecule has 0 unspecified atom stereocenters. The Morgan fingerprint density at radius 1 is 1.41 bits per heavy atom. The molecular formula is C16H16INO4. The summed E-state index contributed by atoms with van der Waals surface area (Å²) in [5.41, 5.74) is 1.82. The number of nitrogens with zero attached hydrogens (tertiary/aromatic N) is 1. The highest BCUT2D eigenvalue weighted by Gasteiger charge is 2.22. The number of ether oxygens (including phenoxy) is 2. The van der Waals surface area contributed by atoms with E-state index in [1.807, 2.05) is 19.1 Å². The van der Waals surface area contributed by atoms with Crippen molar-refractivity contribution in [1.82, 2.24) is 0 Å². The molecule has 1 aliphatic rings. The molecule has 5 nitrogen and oxygen atoms in total. The van der Waals surface area contributed by atoms with Gasteiger partial charge in [-0.2, -0.15) is 0 Å². The van der Waals surface area contributed by atoms with Crippen molar-refractivity contribution >= 4 is 40.3 Å². The molecule has 0 aliphatic carbocycles. The van der Waals surface area contributed by atoms with Crippen molar-refractivity contribution in [1.29, 1.82) is 0 Å². The maximum Gasteiger partial charge on any atom is 0.367 e. The average Bonchev–Trinajstić information content (AvgIpc) is 2.79. The van der Waals surface area contributed by atoms with Gasteiger partial charge in [-0.1, -0.05) is 17.8 Å². The Hall–Kier alpha value is -1.83. The number of hydrogen-bond acceptors (Lipinski definition) is 5. The molecule has 1 aromatic carbocycles. The number of carbonyl (C=O) groups excluding carboxylic acids is 1. The van der Waals surface area contributed by atoms with Crippen molar-refractivity contribution in [2.45, 2.75) is 13.8 Å². The fraction of sp³-hybridized carbons (Fsp3) is 0.250. The molecule has 0 radical (unpaired) electrons. The molecule has 1 aliphatic heterocycles. The van der Waals surface area contributed by atoms with Crippen LogP contribution in [-0.4, -0.2) is 24.9 Å². The van der Waals surface area contributed by atoms with Crippen LogP contribution < -0.4 is 9.47 Å². The van der Waals surface area contributed by atoms with Crippen molar-refractivity contribution < 1.29 is 19.1 Å². The van der Waals surface area contributed by atoms with E-state index in [0.29, 0.717) is 36.0 Å². The van der Waals surface area contributed by atoms with Crippen LogP contribution in [-0.2, 0) is 9.63 Å². The lowest BCUT2D eigenvalue weighted by Gasteiger charge is -2.13. The average molecular weight is 413 g/mol. The van der Waals surface area contributed by atoms with Crippen LogP contribution >= 0.6 is 22.6 Å². The zero-order valence-corrected chi connectivity index (χ0v) is 14.5. The lowest BCUT2D eigenvalue weighted by Crippen LogP contribution is -2.03. The molecule has 116 valence electrons. The lowest BCUT2D eigenvalue weighted by atomic mass is 10.1. The largest absolute Gasteiger partial charge is 0.490 e. The van der Waals surface area contributed by atoms with Crippen molar-refractivity contribution in [3.63, 3.8) is 0 Å². The third-order valence-corrected chi connectivity index (χ3v) is 3.66. The van der Waals surface area contributed by atoms with Gasteiger partial charge >= 0.3 is 5.97 Å². The van der Waals surface area contributed by atoms with Crippen LogP contribution in [0.2, 0.25) is 0 Å². The molecule has 6 heteroatoms. The quantitative estimate of drug-likeness (QED) is 0.310. The summed E-state index contributed by atoms with van der Waals surface area (Å²) in [4.78, 5) is 16.3. The predicted molar refractivity (Wildman–Crippen MR) is 93.2 cm³/mol. The van der Waals surface area contributed by atoms with E-state index >= 15 is 0 Å². The normalized spacial score (nSPS) is 15.5. The number of carbonyl (C=O) groups is 1. The highest BCUT2D eigenvalue weighted by Crippen LogP contribution is 2.35. The van der Waals surface area contributed by atoms with Gasteiger partial charge in [0.05, 0.1) is 21.5 Å². The molecule has 1 aromatic rings. The van der Waals surface area contributed by atoms with Crippen molar-refractivity contribution in [3.05, 3.63) is 39.5 Å². The van der Waals surface area contributed by atoms with Crippen LogP contribution in [0.4, 0.5) is 0 Å². The second-order valence-corrected chi connectivity index (χ2v) is 5.64. The van der Waals surface area contributed by atoms with Gasteiger partial charge in [-0.05, 0) is 60.2 Å². The van der Waals surface area contributed by atoms with Gasteiger partial charge in [0.1, 0.15) is 6.61 Å². The Morgan fingerprint density at radius 3 is 2.77 bits per heavy atom. The molecule has 0 saturated carbocycles. The van der Waals surface area contributed by atoms with E-state index in [2.05, 4.69) is 39.2 Å². The smallest absolute Gasteiger partial charge is 0.367 e. The summed E-state index contributed by atoms with van der Waals surface area (Å²) in [5, 5.41) is 3.66. The third-order valence-electron chi connectivity index (χ3n) is 2.86. The molecular weight excluding hydrogens is 397 g/mol. The summed E-state index contributed by atoms with van der Waals surface area (Å²) in [6.45, 7) is 8.19. The molecule has 0 amide bonds. The molecule has 0 spiro atoms. The monoisotopic (exact) mass is 413 g/mol. The topological polar surface area (TPSA) is 57.1 Å². The van der Waals surface area contributed by atoms with E-state index in [4.69, 9.17) is 9.47 Å². The van der Waals surface area contributed by atoms with Gasteiger partial charge < -0.3 is 14.3 Å². The molecule has 0 fully saturated rings. The van der Waals surface area contributed by atoms with Gasteiger partial charge in [-0.3, -0.25) is 0 Å². The summed E-state index contributed by atoms with van der Waals surface area (Å²) in [6.07, 6.45) is 3.41. The van der Waals surface area contributed by atoms with Gasteiger partial charge in [-0.25, -0.2) is 4.79 Å². The molecule has 2 rings (SSSR count). The second-order valence-electron chi connectivity index (χ2n) is 4.48. The van der Waals surface area contributed by atoms with Gasteiger partial charge in [-0.15, -0.1) is 0 Å². The minimum atomic E-state index is -0.447. The predicted octanol–water partition coefficient (Wildman–Crippen LogP) is 3.57. The highest BCUT2D eigenvalue weighted by atomic mass is 127. The number of halogens is 1. The summed E-state index contributed by atoms with van der Waals surface area (Å²) in [6, 6.07) is 3.74. The molecule has 0 atom stereocenters. The molecule has 0 aromatic heterocycles. The van der Waals surface area contributed by atoms with Crippen LogP contribution in [0.25, 0.3) is 6.08 Å². The lowest BCUT2D eigenvalue weighted by molar-refractivity contribution is -0.136. The fourth-order valence-electron chi connectivity index (χ4n) is 1.90. The minimum absolute atomic E-state index is 0.397. The number of oxime groups is 1. The van der Waals surface area contributed by atoms with Gasteiger partial charge in [0.2, 0.25) is 0 Å². The molecule has 1 heterocycles. The van der Waals surface area contributed by atoms with E-state index in [1.54, 1.807) is 19.1 Å². The number of benzene rings is 1. The second kappa shape index (κ2) is 7.44. The first-order valence-electron chi connectivity index (χ1n) is 6.74. The molecule has 0 bridgehead atoms. The van der Waals surface area contributed by atoms with Crippen LogP contribution in [0.5, 0.6) is 11.5 Å². The molecule has 22 heavy (non-hydrogen) atoms. The zero-order valence-electron chi connectivity index (χ0n) is 12.4. The van der Waals surface area contributed by atoms with E-state index in [9.17, 15) is 4.79 Å². The SMILES string of the molecule is C=CCOc1c(I)cc(/C=C2/C(=O)ON=C2C)cc1OCC. The van der Waals surface area contributed by atoms with E-state index in [-0.39, 0.29) is 0 Å². The Bertz CT molecular complexity index is 664. The van der Waals surface area contributed by atoms with Crippen LogP contribution in [0, 0.1) is 3.57 Å². The van der Waals surface area contributed by atoms with E-state index in [1.165, 1.54) is 0 Å². The van der Waals surface area contributed by atoms with Crippen molar-refractivity contribution in [2.75, 3.05) is 13.2 Å². The van der Waals surface area contributed by atoms with Crippen molar-refractivity contribution in [2.24, 2.45) is 5.16 Å². The first-order chi connectivity index (χ1) is 10.6. The highest BCUT2D eigenvalue weighted by molar-refractivity contribution is 14.1. The molecule has 0 saturated heterocycles. The Kier molecular flexibility index (Phi) is 5.59. The van der Waals surface area contributed by atoms with E-state index in [0.717, 1.165) is 9.13 Å².